The van der Waals surface area contributed by atoms with Gasteiger partial charge in [0.15, 0.2) is 11.5 Å². The van der Waals surface area contributed by atoms with E-state index in [0.29, 0.717) is 18.5 Å². The maximum Gasteiger partial charge on any atom is 0.276 e. The van der Waals surface area contributed by atoms with Gasteiger partial charge in [0.05, 0.1) is 10.5 Å². The molecule has 0 aliphatic heterocycles. The van der Waals surface area contributed by atoms with E-state index in [1.54, 1.807) is 30.3 Å². The highest BCUT2D eigenvalue weighted by Gasteiger charge is 2.13. The minimum Gasteiger partial charge on any atom is -0.504 e. The molecule has 0 saturated carbocycles. The van der Waals surface area contributed by atoms with Crippen molar-refractivity contribution in [3.63, 3.8) is 0 Å². The second-order valence-electron chi connectivity index (χ2n) is 5.22. The number of rotatable bonds is 8. The zero-order valence-corrected chi connectivity index (χ0v) is 13.5. The molecule has 2 aromatic carbocycles. The van der Waals surface area contributed by atoms with Crippen molar-refractivity contribution in [1.29, 1.82) is 0 Å². The second kappa shape index (κ2) is 8.49. The minimum atomic E-state index is -0.475. The van der Waals surface area contributed by atoms with E-state index in [0.717, 1.165) is 5.56 Å². The molecule has 7 heteroatoms. The van der Waals surface area contributed by atoms with Crippen LogP contribution in [-0.4, -0.2) is 22.5 Å². The first-order valence-electron chi connectivity index (χ1n) is 7.58. The fourth-order valence-electron chi connectivity index (χ4n) is 2.20. The third kappa shape index (κ3) is 5.07. The first kappa shape index (κ1) is 18.0. The van der Waals surface area contributed by atoms with Crippen LogP contribution in [0.5, 0.6) is 11.5 Å². The van der Waals surface area contributed by atoms with Crippen molar-refractivity contribution in [1.82, 2.24) is 5.32 Å². The fourth-order valence-corrected chi connectivity index (χ4v) is 2.20. The summed E-state index contributed by atoms with van der Waals surface area (Å²) in [6, 6.07) is 11.1. The van der Waals surface area contributed by atoms with Crippen molar-refractivity contribution >= 4 is 11.6 Å². The third-order valence-electron chi connectivity index (χ3n) is 3.49. The van der Waals surface area contributed by atoms with Crippen molar-refractivity contribution < 1.29 is 19.6 Å². The van der Waals surface area contributed by atoms with Crippen molar-refractivity contribution in [2.24, 2.45) is 0 Å². The highest BCUT2D eigenvalue weighted by molar-refractivity contribution is 5.86. The van der Waals surface area contributed by atoms with Gasteiger partial charge in [0, 0.05) is 12.6 Å². The van der Waals surface area contributed by atoms with E-state index in [4.69, 9.17) is 4.74 Å². The molecule has 0 aromatic heterocycles. The van der Waals surface area contributed by atoms with Crippen LogP contribution in [-0.2, 0) is 17.8 Å². The molecule has 130 valence electrons. The summed E-state index contributed by atoms with van der Waals surface area (Å²) in [6.07, 6.45) is 1.74. The zero-order chi connectivity index (χ0) is 18.2. The molecule has 0 spiro atoms. The summed E-state index contributed by atoms with van der Waals surface area (Å²) in [5.74, 6) is -0.0881. The third-order valence-corrected chi connectivity index (χ3v) is 3.49. The molecule has 1 amide bonds. The Morgan fingerprint density at radius 2 is 2.08 bits per heavy atom. The summed E-state index contributed by atoms with van der Waals surface area (Å²) in [6.45, 7) is 3.75. The van der Waals surface area contributed by atoms with Crippen LogP contribution in [0.3, 0.4) is 0 Å². The number of amides is 1. The number of nitrogens with one attached hydrogen (secondary N) is 1. The number of carbonyl (C=O) groups excluding carboxylic acids is 1. The van der Waals surface area contributed by atoms with Crippen LogP contribution in [0.15, 0.2) is 55.1 Å². The van der Waals surface area contributed by atoms with E-state index in [1.165, 1.54) is 18.2 Å². The topological polar surface area (TPSA) is 102 Å². The molecule has 2 aromatic rings. The van der Waals surface area contributed by atoms with Crippen LogP contribution in [0.2, 0.25) is 0 Å². The Morgan fingerprint density at radius 1 is 1.32 bits per heavy atom. The molecule has 25 heavy (non-hydrogen) atoms. The van der Waals surface area contributed by atoms with Gasteiger partial charge < -0.3 is 15.2 Å². The summed E-state index contributed by atoms with van der Waals surface area (Å²) in [4.78, 5) is 21.7. The van der Waals surface area contributed by atoms with E-state index >= 15 is 0 Å². The van der Waals surface area contributed by atoms with Gasteiger partial charge in [0.25, 0.3) is 5.69 Å². The molecule has 0 aliphatic rings. The molecule has 7 nitrogen and oxygen atoms in total. The molecule has 0 bridgehead atoms. The number of ether oxygens (including phenoxy) is 1. The predicted molar refractivity (Wildman–Crippen MR) is 92.4 cm³/mol. The molecule has 0 atom stereocenters. The molecule has 0 unspecified atom stereocenters. The lowest BCUT2D eigenvalue weighted by molar-refractivity contribution is -0.385. The first-order chi connectivity index (χ1) is 12.0. The van der Waals surface area contributed by atoms with Crippen molar-refractivity contribution in [3.8, 4) is 11.5 Å². The van der Waals surface area contributed by atoms with E-state index in [1.807, 2.05) is 0 Å². The van der Waals surface area contributed by atoms with Gasteiger partial charge in [-0.25, -0.2) is 0 Å². The van der Waals surface area contributed by atoms with Crippen molar-refractivity contribution in [2.45, 2.75) is 13.0 Å². The molecule has 0 aliphatic carbocycles. The van der Waals surface area contributed by atoms with E-state index in [-0.39, 0.29) is 29.7 Å². The average molecular weight is 342 g/mol. The van der Waals surface area contributed by atoms with Gasteiger partial charge in [-0.05, 0) is 36.3 Å². The Kier molecular flexibility index (Phi) is 6.11. The Labute approximate surface area is 144 Å². The number of carbonyl (C=O) groups is 1. The standard InChI is InChI=1S/C18H18N2O5/c1-2-18(22)19-10-9-13-7-8-16(21)17(11-13)25-12-14-5-3-4-6-15(14)20(23)24/h2-8,11,21H,1,9-10,12H2,(H,19,22). The maximum atomic E-state index is 11.1. The highest BCUT2D eigenvalue weighted by atomic mass is 16.6. The Bertz CT molecular complexity index is 789. The second-order valence-corrected chi connectivity index (χ2v) is 5.22. The maximum absolute atomic E-state index is 11.1. The summed E-state index contributed by atoms with van der Waals surface area (Å²) in [7, 11) is 0. The van der Waals surface area contributed by atoms with E-state index in [2.05, 4.69) is 11.9 Å². The largest absolute Gasteiger partial charge is 0.504 e. The van der Waals surface area contributed by atoms with Gasteiger partial charge in [-0.15, -0.1) is 0 Å². The number of benzene rings is 2. The van der Waals surface area contributed by atoms with Gasteiger partial charge in [-0.1, -0.05) is 24.8 Å². The fraction of sp³-hybridized carbons (Fsp3) is 0.167. The lowest BCUT2D eigenvalue weighted by Crippen LogP contribution is -2.23. The van der Waals surface area contributed by atoms with Gasteiger partial charge in [0.1, 0.15) is 6.61 Å². The molecular formula is C18H18N2O5. The molecule has 0 radical (unpaired) electrons. The van der Waals surface area contributed by atoms with Gasteiger partial charge in [0.2, 0.25) is 5.91 Å². The van der Waals surface area contributed by atoms with Crippen LogP contribution in [0, 0.1) is 10.1 Å². The SMILES string of the molecule is C=CC(=O)NCCc1ccc(O)c(OCc2ccccc2[N+](=O)[O-])c1. The Balaban J connectivity index is 2.04. The molecular weight excluding hydrogens is 324 g/mol. The van der Waals surface area contributed by atoms with Crippen LogP contribution in [0.4, 0.5) is 5.69 Å². The van der Waals surface area contributed by atoms with Crippen LogP contribution < -0.4 is 10.1 Å². The summed E-state index contributed by atoms with van der Waals surface area (Å²) in [5.41, 5.74) is 1.22. The molecule has 0 saturated heterocycles. The van der Waals surface area contributed by atoms with Crippen molar-refractivity contribution in [2.75, 3.05) is 6.54 Å². The number of para-hydroxylation sites is 1. The van der Waals surface area contributed by atoms with E-state index < -0.39 is 4.92 Å². The molecule has 2 N–H and O–H groups in total. The van der Waals surface area contributed by atoms with Gasteiger partial charge in [-0.2, -0.15) is 0 Å². The lowest BCUT2D eigenvalue weighted by Gasteiger charge is -2.10. The summed E-state index contributed by atoms with van der Waals surface area (Å²) < 4.78 is 5.54. The Morgan fingerprint density at radius 3 is 2.80 bits per heavy atom. The summed E-state index contributed by atoms with van der Waals surface area (Å²) >= 11 is 0. The number of phenolic OH excluding ortho intramolecular Hbond substituents is 1. The average Bonchev–Trinajstić information content (AvgIpc) is 2.61. The van der Waals surface area contributed by atoms with Crippen LogP contribution in [0.1, 0.15) is 11.1 Å². The predicted octanol–water partition coefficient (Wildman–Crippen LogP) is 2.72. The van der Waals surface area contributed by atoms with Crippen molar-refractivity contribution in [3.05, 3.63) is 76.4 Å². The molecule has 0 heterocycles. The van der Waals surface area contributed by atoms with Gasteiger partial charge >= 0.3 is 0 Å². The Hall–Kier alpha value is -3.35. The number of hydrogen-bond donors (Lipinski definition) is 2. The number of aromatic hydroxyl groups is 1. The summed E-state index contributed by atoms with van der Waals surface area (Å²) in [5, 5.41) is 23.6. The number of phenols is 1. The smallest absolute Gasteiger partial charge is 0.276 e. The normalized spacial score (nSPS) is 10.1. The zero-order valence-electron chi connectivity index (χ0n) is 13.5. The van der Waals surface area contributed by atoms with Gasteiger partial charge in [-0.3, -0.25) is 14.9 Å². The quantitative estimate of drug-likeness (QED) is 0.436. The highest BCUT2D eigenvalue weighted by Crippen LogP contribution is 2.29. The molecule has 2 rings (SSSR count). The number of nitro groups is 1. The minimum absolute atomic E-state index is 0.0368. The monoisotopic (exact) mass is 342 g/mol. The first-order valence-corrected chi connectivity index (χ1v) is 7.58. The van der Waals surface area contributed by atoms with E-state index in [9.17, 15) is 20.0 Å². The lowest BCUT2D eigenvalue weighted by atomic mass is 10.1. The molecule has 0 fully saturated rings. The van der Waals surface area contributed by atoms with Crippen LogP contribution >= 0.6 is 0 Å². The van der Waals surface area contributed by atoms with Crippen LogP contribution in [0.25, 0.3) is 0 Å². The number of hydrogen-bond acceptors (Lipinski definition) is 5. The number of nitrogens with zero attached hydrogens (tertiary/aromatic N) is 1. The number of nitro benzene ring substituents is 1.